The molecule has 0 spiro atoms. The lowest BCUT2D eigenvalue weighted by Gasteiger charge is -2.14. The van der Waals surface area contributed by atoms with Crippen LogP contribution in [0.25, 0.3) is 0 Å². The average Bonchev–Trinajstić information content (AvgIpc) is 2.41. The number of anilines is 1. The Bertz CT molecular complexity index is 599. The van der Waals surface area contributed by atoms with Gasteiger partial charge in [-0.1, -0.05) is 42.5 Å². The third-order valence-electron chi connectivity index (χ3n) is 3.15. The monoisotopic (exact) mass is 379 g/mol. The van der Waals surface area contributed by atoms with Gasteiger partial charge in [-0.05, 0) is 64.0 Å². The van der Waals surface area contributed by atoms with Crippen LogP contribution in [0.1, 0.15) is 25.3 Å². The van der Waals surface area contributed by atoms with Crippen molar-refractivity contribution in [2.24, 2.45) is 0 Å². The van der Waals surface area contributed by atoms with Crippen LogP contribution < -0.4 is 5.32 Å². The number of nitrogens with one attached hydrogen (secondary N) is 1. The van der Waals surface area contributed by atoms with Crippen LogP contribution in [-0.2, 0) is 11.2 Å². The van der Waals surface area contributed by atoms with Crippen molar-refractivity contribution in [2.45, 2.75) is 26.2 Å². The molecule has 0 bridgehead atoms. The number of para-hydroxylation sites is 1. The van der Waals surface area contributed by atoms with E-state index in [4.69, 9.17) is 0 Å². The zero-order valence-electron chi connectivity index (χ0n) is 11.6. The smallest absolute Gasteiger partial charge is 0.251 e. The van der Waals surface area contributed by atoms with Crippen LogP contribution in [0.15, 0.2) is 57.7 Å². The van der Waals surface area contributed by atoms with Crippen LogP contribution in [0.5, 0.6) is 0 Å². The predicted molar refractivity (Wildman–Crippen MR) is 93.0 cm³/mol. The van der Waals surface area contributed by atoms with E-state index in [0.717, 1.165) is 41.7 Å². The van der Waals surface area contributed by atoms with E-state index < -0.39 is 0 Å². The van der Waals surface area contributed by atoms with E-state index in [9.17, 15) is 4.79 Å². The summed E-state index contributed by atoms with van der Waals surface area (Å²) in [6, 6.07) is 7.90. The highest BCUT2D eigenvalue weighted by atomic mass is 127. The van der Waals surface area contributed by atoms with E-state index in [1.807, 2.05) is 43.3 Å². The van der Waals surface area contributed by atoms with Gasteiger partial charge in [0.05, 0.1) is 0 Å². The zero-order valence-corrected chi connectivity index (χ0v) is 13.7. The van der Waals surface area contributed by atoms with Gasteiger partial charge in [0, 0.05) is 11.3 Å². The number of allylic oxidation sites excluding steroid dienone is 4. The van der Waals surface area contributed by atoms with Crippen LogP contribution in [0.3, 0.4) is 0 Å². The van der Waals surface area contributed by atoms with Crippen molar-refractivity contribution in [3.8, 4) is 0 Å². The van der Waals surface area contributed by atoms with Gasteiger partial charge in [0.25, 0.3) is 5.91 Å². The maximum atomic E-state index is 12.3. The second kappa shape index (κ2) is 6.88. The fraction of sp³-hybridized carbons (Fsp3) is 0.235. The Morgan fingerprint density at radius 2 is 2.05 bits per heavy atom. The molecule has 104 valence electrons. The highest BCUT2D eigenvalue weighted by molar-refractivity contribution is 14.1. The Morgan fingerprint density at radius 3 is 2.70 bits per heavy atom. The molecule has 0 fully saturated rings. The summed E-state index contributed by atoms with van der Waals surface area (Å²) >= 11 is 2.31. The topological polar surface area (TPSA) is 29.1 Å². The average molecular weight is 379 g/mol. The van der Waals surface area contributed by atoms with Gasteiger partial charge < -0.3 is 5.32 Å². The maximum absolute atomic E-state index is 12.3. The lowest BCUT2D eigenvalue weighted by atomic mass is 10.0. The van der Waals surface area contributed by atoms with Gasteiger partial charge in [0.1, 0.15) is 0 Å². The van der Waals surface area contributed by atoms with Crippen molar-refractivity contribution < 1.29 is 4.79 Å². The summed E-state index contributed by atoms with van der Waals surface area (Å²) in [4.78, 5) is 12.3. The van der Waals surface area contributed by atoms with Gasteiger partial charge in [0.15, 0.2) is 0 Å². The van der Waals surface area contributed by atoms with E-state index in [1.54, 1.807) is 0 Å². The van der Waals surface area contributed by atoms with Crippen LogP contribution in [0.2, 0.25) is 0 Å². The molecule has 1 N–H and O–H groups in total. The Hall–Kier alpha value is -1.36. The van der Waals surface area contributed by atoms with E-state index in [2.05, 4.69) is 34.5 Å². The second-order valence-corrected chi connectivity index (χ2v) is 6.44. The minimum atomic E-state index is -0.000634. The summed E-state index contributed by atoms with van der Waals surface area (Å²) in [5, 5.41) is 3.02. The number of halogens is 1. The first-order valence-electron chi connectivity index (χ1n) is 6.65. The Balaban J connectivity index is 2.14. The molecule has 1 aromatic rings. The summed E-state index contributed by atoms with van der Waals surface area (Å²) in [5.41, 5.74) is 3.91. The molecule has 0 heterocycles. The minimum absolute atomic E-state index is 0.000634. The Labute approximate surface area is 133 Å². The molecule has 2 rings (SSSR count). The van der Waals surface area contributed by atoms with Crippen molar-refractivity contribution in [1.82, 2.24) is 0 Å². The highest BCUT2D eigenvalue weighted by Gasteiger charge is 2.14. The van der Waals surface area contributed by atoms with Crippen molar-refractivity contribution in [2.75, 3.05) is 5.32 Å². The second-order valence-electron chi connectivity index (χ2n) is 5.05. The molecule has 0 saturated heterocycles. The predicted octanol–water partition coefficient (Wildman–Crippen LogP) is 4.78. The van der Waals surface area contributed by atoms with Crippen LogP contribution in [-0.4, -0.2) is 5.91 Å². The molecule has 20 heavy (non-hydrogen) atoms. The maximum Gasteiger partial charge on any atom is 0.251 e. The van der Waals surface area contributed by atoms with Crippen molar-refractivity contribution >= 4 is 34.2 Å². The number of amides is 1. The lowest BCUT2D eigenvalue weighted by Crippen LogP contribution is -2.16. The number of rotatable bonds is 4. The Kier molecular flexibility index (Phi) is 5.17. The van der Waals surface area contributed by atoms with E-state index in [-0.39, 0.29) is 5.91 Å². The molecule has 0 atom stereocenters. The highest BCUT2D eigenvalue weighted by Crippen LogP contribution is 2.25. The molecule has 1 aromatic carbocycles. The first-order valence-corrected chi connectivity index (χ1v) is 7.73. The number of hydrogen-bond acceptors (Lipinski definition) is 1. The molecule has 1 amide bonds. The molecule has 0 aromatic heterocycles. The van der Waals surface area contributed by atoms with Crippen LogP contribution in [0, 0.1) is 0 Å². The molecule has 0 radical (unpaired) electrons. The SMILES string of the molecule is C=C(C)Cc1ccccc1NC(=O)C1=CC=C(I)CC1. The quantitative estimate of drug-likeness (QED) is 0.592. The Morgan fingerprint density at radius 1 is 1.30 bits per heavy atom. The fourth-order valence-corrected chi connectivity index (χ4v) is 2.57. The van der Waals surface area contributed by atoms with Gasteiger partial charge >= 0.3 is 0 Å². The summed E-state index contributed by atoms with van der Waals surface area (Å²) in [5.74, 6) is -0.000634. The molecular weight excluding hydrogens is 361 g/mol. The lowest BCUT2D eigenvalue weighted by molar-refractivity contribution is -0.113. The molecule has 0 unspecified atom stereocenters. The summed E-state index contributed by atoms with van der Waals surface area (Å²) in [6.07, 6.45) is 6.48. The number of hydrogen-bond donors (Lipinski definition) is 1. The normalized spacial score (nSPS) is 14.3. The van der Waals surface area contributed by atoms with E-state index in [1.165, 1.54) is 3.58 Å². The largest absolute Gasteiger partial charge is 0.322 e. The molecule has 0 saturated carbocycles. The van der Waals surface area contributed by atoms with Gasteiger partial charge in [0.2, 0.25) is 0 Å². The standard InChI is InChI=1S/C17H18INO/c1-12(2)11-14-5-3-4-6-16(14)19-17(20)13-7-9-15(18)10-8-13/h3-7,9H,1,8,10-11H2,2H3,(H,19,20). The number of benzene rings is 1. The number of carbonyl (C=O) groups excluding carboxylic acids is 1. The molecule has 2 nitrogen and oxygen atoms in total. The fourth-order valence-electron chi connectivity index (χ4n) is 2.13. The molecule has 3 heteroatoms. The number of carbonyl (C=O) groups is 1. The summed E-state index contributed by atoms with van der Waals surface area (Å²) in [7, 11) is 0. The molecule has 1 aliphatic carbocycles. The van der Waals surface area contributed by atoms with Crippen LogP contribution >= 0.6 is 22.6 Å². The van der Waals surface area contributed by atoms with Gasteiger partial charge in [-0.25, -0.2) is 0 Å². The third kappa shape index (κ3) is 4.07. The van der Waals surface area contributed by atoms with E-state index in [0.29, 0.717) is 0 Å². The third-order valence-corrected chi connectivity index (χ3v) is 4.05. The van der Waals surface area contributed by atoms with E-state index >= 15 is 0 Å². The first-order chi connectivity index (χ1) is 9.56. The van der Waals surface area contributed by atoms with Gasteiger partial charge in [-0.15, -0.1) is 0 Å². The zero-order chi connectivity index (χ0) is 14.5. The van der Waals surface area contributed by atoms with Crippen molar-refractivity contribution in [1.29, 1.82) is 0 Å². The van der Waals surface area contributed by atoms with Crippen molar-refractivity contribution in [3.63, 3.8) is 0 Å². The van der Waals surface area contributed by atoms with Gasteiger partial charge in [-0.3, -0.25) is 4.79 Å². The summed E-state index contributed by atoms with van der Waals surface area (Å²) < 4.78 is 1.29. The minimum Gasteiger partial charge on any atom is -0.322 e. The first kappa shape index (κ1) is 15.0. The summed E-state index contributed by atoms with van der Waals surface area (Å²) in [6.45, 7) is 5.93. The van der Waals surface area contributed by atoms with Crippen LogP contribution in [0.4, 0.5) is 5.69 Å². The molecular formula is C17H18INO. The molecule has 1 aliphatic rings. The van der Waals surface area contributed by atoms with Gasteiger partial charge in [-0.2, -0.15) is 0 Å². The molecule has 0 aliphatic heterocycles. The van der Waals surface area contributed by atoms with Crippen molar-refractivity contribution in [3.05, 3.63) is 63.3 Å².